The van der Waals surface area contributed by atoms with Gasteiger partial charge in [0, 0.05) is 48.7 Å². The molecule has 6 nitrogen and oxygen atoms in total. The molecule has 2 aliphatic heterocycles. The van der Waals surface area contributed by atoms with Crippen LogP contribution in [0.5, 0.6) is 11.5 Å². The van der Waals surface area contributed by atoms with Crippen LogP contribution in [0.25, 0.3) is 0 Å². The van der Waals surface area contributed by atoms with Crippen LogP contribution in [-0.4, -0.2) is 41.7 Å². The number of hydrogen-bond acceptors (Lipinski definition) is 5. The molecule has 1 unspecified atom stereocenters. The van der Waals surface area contributed by atoms with Crippen molar-refractivity contribution in [1.82, 2.24) is 4.90 Å². The van der Waals surface area contributed by atoms with Crippen LogP contribution in [0.15, 0.2) is 24.3 Å². The van der Waals surface area contributed by atoms with Crippen LogP contribution >= 0.6 is 11.6 Å². The summed E-state index contributed by atoms with van der Waals surface area (Å²) < 4.78 is 5.83. The minimum Gasteiger partial charge on any atom is -0.506 e. The Morgan fingerprint density at radius 3 is 2.81 bits per heavy atom. The highest BCUT2D eigenvalue weighted by molar-refractivity contribution is 6.32. The van der Waals surface area contributed by atoms with Crippen LogP contribution < -0.4 is 4.74 Å². The second kappa shape index (κ2) is 6.45. The Labute approximate surface area is 156 Å². The molecule has 0 saturated heterocycles. The number of phenols is 1. The van der Waals surface area contributed by atoms with Crippen LogP contribution in [0.4, 0.5) is 5.69 Å². The van der Waals surface area contributed by atoms with Crippen LogP contribution in [-0.2, 0) is 12.8 Å². The van der Waals surface area contributed by atoms with Crippen molar-refractivity contribution >= 4 is 17.3 Å². The maximum atomic E-state index is 11.4. The van der Waals surface area contributed by atoms with Gasteiger partial charge in [0.15, 0.2) is 0 Å². The number of hydrogen-bond donors (Lipinski definition) is 1. The average molecular weight is 375 g/mol. The molecule has 0 fully saturated rings. The molecule has 1 atom stereocenters. The van der Waals surface area contributed by atoms with E-state index >= 15 is 0 Å². The number of phenolic OH excluding ortho intramolecular Hbond substituents is 1. The van der Waals surface area contributed by atoms with E-state index < -0.39 is 0 Å². The van der Waals surface area contributed by atoms with E-state index in [-0.39, 0.29) is 22.3 Å². The molecule has 2 aromatic carbocycles. The van der Waals surface area contributed by atoms with Crippen molar-refractivity contribution in [3.8, 4) is 11.5 Å². The zero-order valence-corrected chi connectivity index (χ0v) is 15.1. The number of nitrogens with zero attached hydrogens (tertiary/aromatic N) is 2. The Bertz CT molecular complexity index is 900. The topological polar surface area (TPSA) is 75.8 Å². The second-order valence-electron chi connectivity index (χ2n) is 6.95. The molecule has 0 spiro atoms. The van der Waals surface area contributed by atoms with Gasteiger partial charge in [0.2, 0.25) is 0 Å². The molecule has 0 radical (unpaired) electrons. The van der Waals surface area contributed by atoms with Crippen molar-refractivity contribution in [3.05, 3.63) is 61.7 Å². The Balaban J connectivity index is 1.92. The molecule has 2 heterocycles. The lowest BCUT2D eigenvalue weighted by atomic mass is 9.86. The number of ether oxygens (including phenoxy) is 1. The highest BCUT2D eigenvalue weighted by Gasteiger charge is 2.31. The van der Waals surface area contributed by atoms with Crippen molar-refractivity contribution in [2.45, 2.75) is 18.8 Å². The van der Waals surface area contributed by atoms with Crippen LogP contribution in [0, 0.1) is 10.1 Å². The lowest BCUT2D eigenvalue weighted by molar-refractivity contribution is -0.385. The van der Waals surface area contributed by atoms with Gasteiger partial charge in [-0.2, -0.15) is 0 Å². The van der Waals surface area contributed by atoms with E-state index in [2.05, 4.69) is 4.90 Å². The van der Waals surface area contributed by atoms with Crippen molar-refractivity contribution in [3.63, 3.8) is 0 Å². The maximum absolute atomic E-state index is 11.4. The maximum Gasteiger partial charge on any atom is 0.270 e. The monoisotopic (exact) mass is 374 g/mol. The van der Waals surface area contributed by atoms with E-state index in [1.165, 1.54) is 0 Å². The number of likely N-dealkylation sites (N-methyl/N-ethyl adjacent to an activating group) is 1. The molecule has 0 aromatic heterocycles. The molecule has 4 rings (SSSR count). The largest absolute Gasteiger partial charge is 0.506 e. The van der Waals surface area contributed by atoms with Crippen LogP contribution in [0.2, 0.25) is 5.02 Å². The Morgan fingerprint density at radius 2 is 2.04 bits per heavy atom. The summed E-state index contributed by atoms with van der Waals surface area (Å²) in [6.07, 6.45) is 1.48. The van der Waals surface area contributed by atoms with Gasteiger partial charge in [0.05, 0.1) is 16.6 Å². The third-order valence-corrected chi connectivity index (χ3v) is 5.53. The van der Waals surface area contributed by atoms with Crippen molar-refractivity contribution in [2.24, 2.45) is 0 Å². The number of benzene rings is 2. The molecule has 2 aliphatic rings. The van der Waals surface area contributed by atoms with E-state index in [0.717, 1.165) is 41.0 Å². The average Bonchev–Trinajstić information content (AvgIpc) is 3.02. The van der Waals surface area contributed by atoms with Gasteiger partial charge in [-0.05, 0) is 36.7 Å². The predicted octanol–water partition coefficient (Wildman–Crippen LogP) is 3.51. The van der Waals surface area contributed by atoms with Gasteiger partial charge in [0.1, 0.15) is 11.5 Å². The standard InChI is InChI=1S/C19H19ClN2O4/c1-21-4-2-11-7-17(20)18(23)9-14(11)16(10-21)15-8-13(22(24)25)6-12-3-5-26-19(12)15/h6-9,16,23H,2-5,10H2,1H3. The summed E-state index contributed by atoms with van der Waals surface area (Å²) in [6, 6.07) is 6.72. The van der Waals surface area contributed by atoms with Crippen molar-refractivity contribution in [1.29, 1.82) is 0 Å². The summed E-state index contributed by atoms with van der Waals surface area (Å²) in [5, 5.41) is 21.9. The molecule has 0 bridgehead atoms. The van der Waals surface area contributed by atoms with Gasteiger partial charge >= 0.3 is 0 Å². The van der Waals surface area contributed by atoms with Gasteiger partial charge in [-0.3, -0.25) is 10.1 Å². The van der Waals surface area contributed by atoms with E-state index in [1.54, 1.807) is 24.3 Å². The van der Waals surface area contributed by atoms with Gasteiger partial charge in [-0.25, -0.2) is 0 Å². The molecule has 0 aliphatic carbocycles. The highest BCUT2D eigenvalue weighted by atomic mass is 35.5. The minimum atomic E-state index is -0.358. The van der Waals surface area contributed by atoms with Gasteiger partial charge < -0.3 is 14.7 Å². The van der Waals surface area contributed by atoms with Gasteiger partial charge in [-0.1, -0.05) is 11.6 Å². The third kappa shape index (κ3) is 2.89. The summed E-state index contributed by atoms with van der Waals surface area (Å²) in [5.74, 6) is 0.645. The fourth-order valence-electron chi connectivity index (χ4n) is 3.92. The number of nitro groups is 1. The summed E-state index contributed by atoms with van der Waals surface area (Å²) in [4.78, 5) is 13.2. The summed E-state index contributed by atoms with van der Waals surface area (Å²) in [7, 11) is 2.03. The number of halogens is 1. The molecule has 2 aromatic rings. The first-order valence-corrected chi connectivity index (χ1v) is 8.95. The number of non-ortho nitro benzene ring substituents is 1. The van der Waals surface area contributed by atoms with Gasteiger partial charge in [-0.15, -0.1) is 0 Å². The molecule has 0 amide bonds. The lowest BCUT2D eigenvalue weighted by Crippen LogP contribution is -2.24. The highest BCUT2D eigenvalue weighted by Crippen LogP contribution is 2.43. The molecular weight excluding hydrogens is 356 g/mol. The second-order valence-corrected chi connectivity index (χ2v) is 7.35. The van der Waals surface area contributed by atoms with Crippen molar-refractivity contribution in [2.75, 3.05) is 26.7 Å². The normalized spacial score (nSPS) is 19.4. The van der Waals surface area contributed by atoms with E-state index in [9.17, 15) is 15.2 Å². The van der Waals surface area contributed by atoms with Crippen LogP contribution in [0.1, 0.15) is 28.2 Å². The minimum absolute atomic E-state index is 0.0305. The number of nitro benzene ring substituents is 1. The molecule has 136 valence electrons. The summed E-state index contributed by atoms with van der Waals surface area (Å²) in [5.41, 5.74) is 3.77. The Hall–Kier alpha value is -2.31. The fourth-order valence-corrected chi connectivity index (χ4v) is 4.11. The van der Waals surface area contributed by atoms with E-state index in [4.69, 9.17) is 16.3 Å². The zero-order valence-electron chi connectivity index (χ0n) is 14.4. The molecule has 26 heavy (non-hydrogen) atoms. The predicted molar refractivity (Wildman–Crippen MR) is 98.5 cm³/mol. The summed E-state index contributed by atoms with van der Waals surface area (Å²) >= 11 is 6.11. The lowest BCUT2D eigenvalue weighted by Gasteiger charge is -2.24. The molecule has 1 N–H and O–H groups in total. The van der Waals surface area contributed by atoms with Crippen LogP contribution in [0.3, 0.4) is 0 Å². The SMILES string of the molecule is CN1CCc2cc(Cl)c(O)cc2C(c2cc([N+](=O)[O-])cc3c2OCC3)C1. The number of aromatic hydroxyl groups is 1. The fraction of sp³-hybridized carbons (Fsp3) is 0.368. The van der Waals surface area contributed by atoms with Crippen molar-refractivity contribution < 1.29 is 14.8 Å². The zero-order chi connectivity index (χ0) is 18.4. The first-order valence-electron chi connectivity index (χ1n) is 8.58. The Morgan fingerprint density at radius 1 is 1.23 bits per heavy atom. The molecule has 7 heteroatoms. The van der Waals surface area contributed by atoms with E-state index in [1.807, 2.05) is 7.05 Å². The Kier molecular flexibility index (Phi) is 4.25. The first kappa shape index (κ1) is 17.1. The molecule has 0 saturated carbocycles. The van der Waals surface area contributed by atoms with E-state index in [0.29, 0.717) is 24.6 Å². The summed E-state index contributed by atoms with van der Waals surface area (Å²) in [6.45, 7) is 2.07. The quantitative estimate of drug-likeness (QED) is 0.643. The number of fused-ring (bicyclic) bond motifs is 2. The smallest absolute Gasteiger partial charge is 0.270 e. The third-order valence-electron chi connectivity index (χ3n) is 5.22. The number of rotatable bonds is 2. The van der Waals surface area contributed by atoms with Gasteiger partial charge in [0.25, 0.3) is 5.69 Å². The molecular formula is C19H19ClN2O4. The first-order chi connectivity index (χ1) is 12.4.